The lowest BCUT2D eigenvalue weighted by molar-refractivity contribution is 0.0880. The van der Waals surface area contributed by atoms with E-state index >= 15 is 0 Å². The summed E-state index contributed by atoms with van der Waals surface area (Å²) in [6.07, 6.45) is 3.19. The Kier molecular flexibility index (Phi) is 5.22. The van der Waals surface area contributed by atoms with Gasteiger partial charge in [0.25, 0.3) is 0 Å². The number of nitrogens with zero attached hydrogens (tertiary/aromatic N) is 4. The maximum Gasteiger partial charge on any atom is 0.188 e. The monoisotopic (exact) mass is 351 g/mol. The van der Waals surface area contributed by atoms with Crippen LogP contribution in [0.25, 0.3) is 0 Å². The van der Waals surface area contributed by atoms with Crippen LogP contribution in [-0.4, -0.2) is 65.3 Å². The van der Waals surface area contributed by atoms with Gasteiger partial charge in [-0.3, -0.25) is 9.69 Å². The summed E-state index contributed by atoms with van der Waals surface area (Å²) >= 11 is 7.15. The molecule has 6 nitrogen and oxygen atoms in total. The highest BCUT2D eigenvalue weighted by atomic mass is 35.5. The van der Waals surface area contributed by atoms with Crippen molar-refractivity contribution in [2.24, 2.45) is 0 Å². The minimum absolute atomic E-state index is 0.115. The van der Waals surface area contributed by atoms with E-state index < -0.39 is 0 Å². The molecule has 3 rings (SSSR count). The van der Waals surface area contributed by atoms with Gasteiger partial charge in [0.15, 0.2) is 10.9 Å². The van der Waals surface area contributed by atoms with Crippen molar-refractivity contribution in [2.45, 2.75) is 0 Å². The van der Waals surface area contributed by atoms with Gasteiger partial charge in [-0.15, -0.1) is 0 Å². The fourth-order valence-electron chi connectivity index (χ4n) is 2.31. The number of nitrogens with one attached hydrogen (secondary N) is 1. The number of aromatic nitrogens is 2. The van der Waals surface area contributed by atoms with Crippen LogP contribution in [-0.2, 0) is 0 Å². The van der Waals surface area contributed by atoms with Gasteiger partial charge in [0.2, 0.25) is 0 Å². The fraction of sp³-hybridized carbons (Fsp3) is 0.400. The molecule has 3 heterocycles. The van der Waals surface area contributed by atoms with Gasteiger partial charge in [0.1, 0.15) is 5.82 Å². The molecule has 0 saturated carbocycles. The molecule has 0 bridgehead atoms. The molecule has 1 aliphatic rings. The second-order valence-corrected chi connectivity index (χ2v) is 6.99. The molecule has 23 heavy (non-hydrogen) atoms. The topological polar surface area (TPSA) is 61.4 Å². The molecule has 1 fully saturated rings. The molecule has 8 heteroatoms. The zero-order valence-electron chi connectivity index (χ0n) is 12.8. The quantitative estimate of drug-likeness (QED) is 0.834. The third kappa shape index (κ3) is 4.48. The number of ketones is 1. The second kappa shape index (κ2) is 7.35. The highest BCUT2D eigenvalue weighted by Crippen LogP contribution is 2.22. The van der Waals surface area contributed by atoms with Gasteiger partial charge in [0, 0.05) is 32.4 Å². The first kappa shape index (κ1) is 16.3. The maximum absolute atomic E-state index is 12.4. The second-order valence-electron chi connectivity index (χ2n) is 5.52. The molecular weight excluding hydrogens is 334 g/mol. The van der Waals surface area contributed by atoms with Crippen molar-refractivity contribution >= 4 is 39.7 Å². The lowest BCUT2D eigenvalue weighted by Gasteiger charge is -2.31. The Bertz CT molecular complexity index is 667. The van der Waals surface area contributed by atoms with E-state index in [1.54, 1.807) is 24.5 Å². The number of hydrogen-bond donors (Lipinski definition) is 1. The number of pyridine rings is 1. The maximum atomic E-state index is 12.4. The molecule has 0 radical (unpaired) electrons. The normalized spacial score (nSPS) is 16.4. The largest absolute Gasteiger partial charge is 0.316 e. The van der Waals surface area contributed by atoms with Crippen molar-refractivity contribution in [1.82, 2.24) is 19.8 Å². The van der Waals surface area contributed by atoms with Crippen molar-refractivity contribution in [3.63, 3.8) is 0 Å². The van der Waals surface area contributed by atoms with Crippen LogP contribution in [0.15, 0.2) is 24.5 Å². The van der Waals surface area contributed by atoms with Crippen LogP contribution in [0.4, 0.5) is 10.9 Å². The minimum atomic E-state index is 0.115. The number of anilines is 2. The first-order valence-electron chi connectivity index (χ1n) is 7.38. The van der Waals surface area contributed by atoms with E-state index in [2.05, 4.69) is 32.1 Å². The Balaban J connectivity index is 1.57. The van der Waals surface area contributed by atoms with Gasteiger partial charge in [-0.1, -0.05) is 22.9 Å². The summed E-state index contributed by atoms with van der Waals surface area (Å²) in [6.45, 7) is 4.33. The molecule has 0 amide bonds. The Morgan fingerprint density at radius 1 is 1.26 bits per heavy atom. The third-order valence-electron chi connectivity index (χ3n) is 3.71. The molecule has 2 aromatic heterocycles. The first-order chi connectivity index (χ1) is 11.1. The van der Waals surface area contributed by atoms with E-state index in [0.717, 1.165) is 26.2 Å². The predicted molar refractivity (Wildman–Crippen MR) is 92.9 cm³/mol. The van der Waals surface area contributed by atoms with Crippen LogP contribution >= 0.6 is 22.9 Å². The molecule has 0 unspecified atom stereocenters. The smallest absolute Gasteiger partial charge is 0.188 e. The number of carbonyl (C=O) groups excluding carboxylic acids is 1. The minimum Gasteiger partial charge on any atom is -0.316 e. The number of likely N-dealkylation sites (N-methyl/N-ethyl adjacent to an activating group) is 1. The summed E-state index contributed by atoms with van der Waals surface area (Å²) in [4.78, 5) is 25.9. The van der Waals surface area contributed by atoms with E-state index in [9.17, 15) is 4.79 Å². The summed E-state index contributed by atoms with van der Waals surface area (Å²) in [5.41, 5.74) is 0. The summed E-state index contributed by atoms with van der Waals surface area (Å²) in [7, 11) is 2.10. The summed E-state index contributed by atoms with van der Waals surface area (Å²) in [5.74, 6) is 0.769. The lowest BCUT2D eigenvalue weighted by atomic mass is 10.2. The number of rotatable bonds is 5. The first-order valence-corrected chi connectivity index (χ1v) is 8.58. The SMILES string of the molecule is CN1CCN(CC(=O)c2cnc(Nc3ccc(Cl)cn3)s2)CC1. The molecule has 1 aliphatic heterocycles. The number of piperazine rings is 1. The van der Waals surface area contributed by atoms with Crippen LogP contribution < -0.4 is 5.32 Å². The van der Waals surface area contributed by atoms with E-state index in [-0.39, 0.29) is 5.78 Å². The average Bonchev–Trinajstić information content (AvgIpc) is 3.00. The lowest BCUT2D eigenvalue weighted by Crippen LogP contribution is -2.46. The molecule has 0 spiro atoms. The number of hydrogen-bond acceptors (Lipinski definition) is 7. The van der Waals surface area contributed by atoms with Crippen molar-refractivity contribution in [3.05, 3.63) is 34.4 Å². The highest BCUT2D eigenvalue weighted by molar-refractivity contribution is 7.17. The number of thiazole rings is 1. The molecule has 1 saturated heterocycles. The Labute approximate surface area is 144 Å². The van der Waals surface area contributed by atoms with Gasteiger partial charge in [-0.25, -0.2) is 9.97 Å². The highest BCUT2D eigenvalue weighted by Gasteiger charge is 2.19. The van der Waals surface area contributed by atoms with Gasteiger partial charge >= 0.3 is 0 Å². The number of Topliss-reactive ketones (excluding diaryl/α,β-unsaturated/α-hetero) is 1. The Morgan fingerprint density at radius 3 is 2.74 bits per heavy atom. The fourth-order valence-corrected chi connectivity index (χ4v) is 3.17. The molecule has 0 aliphatic carbocycles. The molecule has 122 valence electrons. The van der Waals surface area contributed by atoms with E-state index in [1.165, 1.54) is 11.3 Å². The Hall–Kier alpha value is -1.54. The van der Waals surface area contributed by atoms with Crippen molar-refractivity contribution in [3.8, 4) is 0 Å². The zero-order chi connectivity index (χ0) is 16.2. The number of carbonyl (C=O) groups is 1. The van der Waals surface area contributed by atoms with Gasteiger partial charge in [0.05, 0.1) is 22.6 Å². The van der Waals surface area contributed by atoms with Gasteiger partial charge in [-0.2, -0.15) is 0 Å². The summed E-state index contributed by atoms with van der Waals surface area (Å²) in [6, 6.07) is 3.53. The van der Waals surface area contributed by atoms with Crippen LogP contribution in [0.2, 0.25) is 5.02 Å². The molecule has 2 aromatic rings. The zero-order valence-corrected chi connectivity index (χ0v) is 14.4. The predicted octanol–water partition coefficient (Wildman–Crippen LogP) is 2.37. The van der Waals surface area contributed by atoms with E-state index in [0.29, 0.717) is 27.4 Å². The number of halogens is 1. The van der Waals surface area contributed by atoms with Crippen molar-refractivity contribution < 1.29 is 4.79 Å². The summed E-state index contributed by atoms with van der Waals surface area (Å²) < 4.78 is 0. The van der Waals surface area contributed by atoms with E-state index in [1.807, 2.05) is 0 Å². The van der Waals surface area contributed by atoms with Crippen molar-refractivity contribution in [1.29, 1.82) is 0 Å². The van der Waals surface area contributed by atoms with E-state index in [4.69, 9.17) is 11.6 Å². The van der Waals surface area contributed by atoms with Crippen molar-refractivity contribution in [2.75, 3.05) is 45.1 Å². The molecular formula is C15H18ClN5OS. The van der Waals surface area contributed by atoms with Crippen LogP contribution in [0.5, 0.6) is 0 Å². The van der Waals surface area contributed by atoms with Crippen LogP contribution in [0.3, 0.4) is 0 Å². The molecule has 1 N–H and O–H groups in total. The van der Waals surface area contributed by atoms with Gasteiger partial charge < -0.3 is 10.2 Å². The molecule has 0 aromatic carbocycles. The van der Waals surface area contributed by atoms with Crippen LogP contribution in [0.1, 0.15) is 9.67 Å². The van der Waals surface area contributed by atoms with Gasteiger partial charge in [-0.05, 0) is 19.2 Å². The standard InChI is InChI=1S/C15H18ClN5OS/c1-20-4-6-21(7-5-20)10-12(22)13-9-18-15(23-13)19-14-3-2-11(16)8-17-14/h2-3,8-9H,4-7,10H2,1H3,(H,17,18,19). The van der Waals surface area contributed by atoms with Crippen LogP contribution in [0, 0.1) is 0 Å². The molecule has 0 atom stereocenters. The average molecular weight is 352 g/mol. The summed E-state index contributed by atoms with van der Waals surface area (Å²) in [5, 5.41) is 4.32. The Morgan fingerprint density at radius 2 is 2.04 bits per heavy atom. The third-order valence-corrected chi connectivity index (χ3v) is 4.88.